The Labute approximate surface area is 202 Å². The number of pyridine rings is 1. The average molecular weight is 472 g/mol. The van der Waals surface area contributed by atoms with Crippen molar-refractivity contribution in [2.75, 3.05) is 11.5 Å². The minimum Gasteiger partial charge on any atom is -0.462 e. The van der Waals surface area contributed by atoms with E-state index in [9.17, 15) is 14.4 Å². The molecule has 1 aromatic heterocycles. The van der Waals surface area contributed by atoms with Crippen molar-refractivity contribution in [3.05, 3.63) is 104 Å². The molecular formula is C27H25N3O5. The molecule has 3 aromatic rings. The summed E-state index contributed by atoms with van der Waals surface area (Å²) in [6.45, 7) is 5.65. The summed E-state index contributed by atoms with van der Waals surface area (Å²) in [5.74, 6) is -1.40. The third-order valence-electron chi connectivity index (χ3n) is 6.45. The van der Waals surface area contributed by atoms with Crippen molar-refractivity contribution in [2.24, 2.45) is 5.73 Å². The summed E-state index contributed by atoms with van der Waals surface area (Å²) >= 11 is 0. The number of benzene rings is 2. The van der Waals surface area contributed by atoms with E-state index in [4.69, 9.17) is 15.2 Å². The second-order valence-electron chi connectivity index (χ2n) is 8.73. The summed E-state index contributed by atoms with van der Waals surface area (Å²) in [6.07, 6.45) is 0. The zero-order valence-electron chi connectivity index (χ0n) is 19.7. The van der Waals surface area contributed by atoms with Crippen LogP contribution in [0.3, 0.4) is 0 Å². The van der Waals surface area contributed by atoms with Crippen LogP contribution in [0, 0.1) is 13.8 Å². The summed E-state index contributed by atoms with van der Waals surface area (Å²) in [4.78, 5) is 45.5. The molecule has 0 aliphatic carbocycles. The van der Waals surface area contributed by atoms with Crippen LogP contribution in [0.4, 0.5) is 5.69 Å². The number of anilines is 1. The minimum atomic E-state index is -1.81. The summed E-state index contributed by atoms with van der Waals surface area (Å²) in [6, 6.07) is 16.5. The summed E-state index contributed by atoms with van der Waals surface area (Å²) in [5.41, 5.74) is 7.36. The minimum absolute atomic E-state index is 0.0178. The van der Waals surface area contributed by atoms with E-state index in [-0.39, 0.29) is 35.9 Å². The molecule has 2 aliphatic heterocycles. The number of aromatic amines is 1. The molecule has 1 amide bonds. The molecule has 1 atom stereocenters. The number of aromatic nitrogens is 1. The van der Waals surface area contributed by atoms with Crippen molar-refractivity contribution in [3.8, 4) is 5.75 Å². The Hall–Kier alpha value is -4.33. The number of rotatable bonds is 4. The summed E-state index contributed by atoms with van der Waals surface area (Å²) in [7, 11) is 0. The fourth-order valence-electron chi connectivity index (χ4n) is 5.00. The van der Waals surface area contributed by atoms with Crippen molar-refractivity contribution in [1.29, 1.82) is 0 Å². The van der Waals surface area contributed by atoms with E-state index in [1.807, 2.05) is 37.3 Å². The number of hydrogen-bond donors (Lipinski definition) is 2. The van der Waals surface area contributed by atoms with Gasteiger partial charge in [-0.2, -0.15) is 0 Å². The second kappa shape index (κ2) is 8.16. The Morgan fingerprint density at radius 3 is 2.54 bits per heavy atom. The van der Waals surface area contributed by atoms with Gasteiger partial charge >= 0.3 is 5.97 Å². The number of hydrogen-bond acceptors (Lipinski definition) is 6. The van der Waals surface area contributed by atoms with Crippen LogP contribution < -0.4 is 20.9 Å². The number of amides is 1. The highest BCUT2D eigenvalue weighted by atomic mass is 16.5. The molecule has 0 bridgehead atoms. The lowest BCUT2D eigenvalue weighted by Gasteiger charge is -2.35. The number of aryl methyl sites for hydroxylation is 2. The second-order valence-corrected chi connectivity index (χ2v) is 8.73. The molecule has 1 spiro atoms. The van der Waals surface area contributed by atoms with Crippen molar-refractivity contribution in [2.45, 2.75) is 32.7 Å². The van der Waals surface area contributed by atoms with Crippen LogP contribution in [0.5, 0.6) is 5.75 Å². The fourth-order valence-corrected chi connectivity index (χ4v) is 5.00. The molecule has 2 aliphatic rings. The molecule has 5 rings (SSSR count). The van der Waals surface area contributed by atoms with Crippen LogP contribution in [0.2, 0.25) is 0 Å². The molecule has 2 aromatic carbocycles. The van der Waals surface area contributed by atoms with Crippen LogP contribution >= 0.6 is 0 Å². The van der Waals surface area contributed by atoms with Crippen LogP contribution in [0.15, 0.2) is 70.8 Å². The number of ether oxygens (including phenoxy) is 2. The van der Waals surface area contributed by atoms with E-state index in [1.54, 1.807) is 43.0 Å². The monoisotopic (exact) mass is 471 g/mol. The number of para-hydroxylation sites is 1. The first-order chi connectivity index (χ1) is 16.8. The highest BCUT2D eigenvalue weighted by Crippen LogP contribution is 2.54. The molecule has 0 saturated carbocycles. The van der Waals surface area contributed by atoms with E-state index in [0.717, 1.165) is 11.1 Å². The fraction of sp³-hybridized carbons (Fsp3) is 0.222. The van der Waals surface area contributed by atoms with E-state index in [1.165, 1.54) is 0 Å². The number of nitrogens with two attached hydrogens (primary N) is 1. The van der Waals surface area contributed by atoms with Gasteiger partial charge in [-0.1, -0.05) is 48.0 Å². The lowest BCUT2D eigenvalue weighted by molar-refractivity contribution is -0.140. The van der Waals surface area contributed by atoms with Gasteiger partial charge < -0.3 is 25.1 Å². The predicted octanol–water partition coefficient (Wildman–Crippen LogP) is 2.95. The molecule has 0 saturated heterocycles. The Kier molecular flexibility index (Phi) is 5.24. The van der Waals surface area contributed by atoms with Gasteiger partial charge in [-0.25, -0.2) is 4.79 Å². The molecule has 178 valence electrons. The van der Waals surface area contributed by atoms with E-state index in [0.29, 0.717) is 16.9 Å². The third kappa shape index (κ3) is 3.24. The number of esters is 1. The average Bonchev–Trinajstić information content (AvgIpc) is 3.03. The van der Waals surface area contributed by atoms with Crippen molar-refractivity contribution >= 4 is 17.6 Å². The molecule has 3 heterocycles. The first-order valence-electron chi connectivity index (χ1n) is 11.4. The maximum atomic E-state index is 14.5. The highest BCUT2D eigenvalue weighted by molar-refractivity contribution is 6.18. The molecule has 1 unspecified atom stereocenters. The SMILES string of the molecule is CCOC(=O)C1=C(N)Oc2cc(C)[nH]c(=O)c2C12C(=O)N(Cc1ccc(C)cc1)c1ccccc12. The zero-order chi connectivity index (χ0) is 24.9. The van der Waals surface area contributed by atoms with Gasteiger partial charge in [0, 0.05) is 23.0 Å². The maximum absolute atomic E-state index is 14.5. The largest absolute Gasteiger partial charge is 0.462 e. The molecule has 0 radical (unpaired) electrons. The predicted molar refractivity (Wildman–Crippen MR) is 130 cm³/mol. The number of nitrogens with one attached hydrogen (secondary N) is 1. The van der Waals surface area contributed by atoms with E-state index in [2.05, 4.69) is 4.98 Å². The Morgan fingerprint density at radius 1 is 1.11 bits per heavy atom. The molecule has 0 fully saturated rings. The van der Waals surface area contributed by atoms with E-state index >= 15 is 0 Å². The standard InChI is InChI=1S/C27H25N3O5/c1-4-34-25(32)22-23(28)35-20-13-16(3)29-24(31)21(20)27(22)18-7-5-6-8-19(18)30(26(27)33)14-17-11-9-15(2)10-12-17/h5-13H,4,14,28H2,1-3H3,(H,29,31). The van der Waals surface area contributed by atoms with Gasteiger partial charge in [-0.15, -0.1) is 0 Å². The van der Waals surface area contributed by atoms with Crippen LogP contribution in [-0.2, 0) is 26.3 Å². The van der Waals surface area contributed by atoms with Gasteiger partial charge in [-0.3, -0.25) is 9.59 Å². The number of carbonyl (C=O) groups excluding carboxylic acids is 2. The van der Waals surface area contributed by atoms with Crippen molar-refractivity contribution in [3.63, 3.8) is 0 Å². The zero-order valence-corrected chi connectivity index (χ0v) is 19.7. The third-order valence-corrected chi connectivity index (χ3v) is 6.45. The van der Waals surface area contributed by atoms with Gasteiger partial charge in [0.05, 0.1) is 18.7 Å². The molecule has 8 heteroatoms. The number of H-pyrrole nitrogens is 1. The van der Waals surface area contributed by atoms with Crippen LogP contribution in [-0.4, -0.2) is 23.5 Å². The van der Waals surface area contributed by atoms with Crippen LogP contribution in [0.25, 0.3) is 0 Å². The molecule has 35 heavy (non-hydrogen) atoms. The molecule has 8 nitrogen and oxygen atoms in total. The maximum Gasteiger partial charge on any atom is 0.341 e. The topological polar surface area (TPSA) is 115 Å². The summed E-state index contributed by atoms with van der Waals surface area (Å²) in [5, 5.41) is 0. The Balaban J connectivity index is 1.82. The summed E-state index contributed by atoms with van der Waals surface area (Å²) < 4.78 is 11.1. The number of nitrogens with zero attached hydrogens (tertiary/aromatic N) is 1. The molecule has 3 N–H and O–H groups in total. The Morgan fingerprint density at radius 2 is 1.83 bits per heavy atom. The first kappa shape index (κ1) is 22.5. The smallest absolute Gasteiger partial charge is 0.341 e. The molecular weight excluding hydrogens is 446 g/mol. The van der Waals surface area contributed by atoms with Crippen LogP contribution in [0.1, 0.15) is 34.9 Å². The number of carbonyl (C=O) groups is 2. The number of fused-ring (bicyclic) bond motifs is 4. The van der Waals surface area contributed by atoms with Gasteiger partial charge in [0.2, 0.25) is 11.8 Å². The van der Waals surface area contributed by atoms with Gasteiger partial charge in [-0.05, 0) is 32.4 Å². The normalized spacial score (nSPS) is 18.4. The van der Waals surface area contributed by atoms with Gasteiger partial charge in [0.15, 0.2) is 0 Å². The van der Waals surface area contributed by atoms with E-state index < -0.39 is 22.9 Å². The first-order valence-corrected chi connectivity index (χ1v) is 11.4. The van der Waals surface area contributed by atoms with Crippen molar-refractivity contribution in [1.82, 2.24) is 4.98 Å². The van der Waals surface area contributed by atoms with Gasteiger partial charge in [0.1, 0.15) is 16.7 Å². The Bertz CT molecular complexity index is 1450. The quantitative estimate of drug-likeness (QED) is 0.566. The van der Waals surface area contributed by atoms with Gasteiger partial charge in [0.25, 0.3) is 5.56 Å². The lowest BCUT2D eigenvalue weighted by Crippen LogP contribution is -2.51. The highest BCUT2D eigenvalue weighted by Gasteiger charge is 2.62. The lowest BCUT2D eigenvalue weighted by atomic mass is 9.68. The van der Waals surface area contributed by atoms with Crippen molar-refractivity contribution < 1.29 is 19.1 Å².